The second-order valence-electron chi connectivity index (χ2n) is 7.32. The van der Waals surface area contributed by atoms with Crippen molar-refractivity contribution in [2.45, 2.75) is 12.5 Å². The van der Waals surface area contributed by atoms with Crippen molar-refractivity contribution in [3.05, 3.63) is 53.7 Å². The fourth-order valence-corrected chi connectivity index (χ4v) is 3.65. The molecule has 10 heteroatoms. The predicted molar refractivity (Wildman–Crippen MR) is 105 cm³/mol. The summed E-state index contributed by atoms with van der Waals surface area (Å²) in [6.45, 7) is 1.32. The van der Waals surface area contributed by atoms with Gasteiger partial charge < -0.3 is 14.5 Å². The molecule has 0 radical (unpaired) electrons. The van der Waals surface area contributed by atoms with Crippen LogP contribution in [0.3, 0.4) is 0 Å². The highest BCUT2D eigenvalue weighted by atomic mass is 19.2. The number of urea groups is 1. The van der Waals surface area contributed by atoms with E-state index in [1.807, 2.05) is 6.07 Å². The fourth-order valence-electron chi connectivity index (χ4n) is 3.65. The van der Waals surface area contributed by atoms with E-state index < -0.39 is 17.7 Å². The number of carbonyl (C=O) groups excluding carboxylic acids is 2. The zero-order valence-corrected chi connectivity index (χ0v) is 16.5. The van der Waals surface area contributed by atoms with Gasteiger partial charge in [0.05, 0.1) is 18.2 Å². The summed E-state index contributed by atoms with van der Waals surface area (Å²) in [5, 5.41) is 8.95. The van der Waals surface area contributed by atoms with Gasteiger partial charge in [0.25, 0.3) is 0 Å². The monoisotopic (exact) mass is 427 g/mol. The lowest BCUT2D eigenvalue weighted by atomic mass is 10.3. The smallest absolute Gasteiger partial charge is 0.325 e. The zero-order valence-electron chi connectivity index (χ0n) is 16.5. The first-order valence-corrected chi connectivity index (χ1v) is 9.76. The number of hydrogen-bond donors (Lipinski definition) is 0. The van der Waals surface area contributed by atoms with Crippen molar-refractivity contribution in [1.82, 2.24) is 14.8 Å². The van der Waals surface area contributed by atoms with Crippen LogP contribution in [-0.2, 0) is 4.79 Å². The summed E-state index contributed by atoms with van der Waals surface area (Å²) in [4.78, 5) is 33.7. The highest BCUT2D eigenvalue weighted by molar-refractivity contribution is 5.96. The van der Waals surface area contributed by atoms with Crippen LogP contribution >= 0.6 is 0 Å². The number of likely N-dealkylation sites (tertiary alicyclic amines) is 1. The van der Waals surface area contributed by atoms with E-state index in [-0.39, 0.29) is 30.8 Å². The van der Waals surface area contributed by atoms with Gasteiger partial charge in [-0.25, -0.2) is 18.6 Å². The summed E-state index contributed by atoms with van der Waals surface area (Å²) >= 11 is 0. The standard InChI is InChI=1S/C21H19F2N5O3/c22-17-2-1-15(10-18(17)23)28-8-7-27(21(28)30)13-20(29)26-6-4-16(12-26)31-19-9-14(11-24)3-5-25-19/h1-3,5,9-10,16H,4,6-8,12-13H2. The van der Waals surface area contributed by atoms with Crippen molar-refractivity contribution >= 4 is 17.6 Å². The number of pyridine rings is 1. The molecule has 0 bridgehead atoms. The van der Waals surface area contributed by atoms with Crippen molar-refractivity contribution in [3.63, 3.8) is 0 Å². The molecule has 160 valence electrons. The third-order valence-electron chi connectivity index (χ3n) is 5.29. The van der Waals surface area contributed by atoms with E-state index in [2.05, 4.69) is 4.98 Å². The molecule has 3 amide bonds. The van der Waals surface area contributed by atoms with E-state index in [0.717, 1.165) is 12.1 Å². The Morgan fingerprint density at radius 3 is 2.81 bits per heavy atom. The average Bonchev–Trinajstić information content (AvgIpc) is 3.37. The van der Waals surface area contributed by atoms with Crippen LogP contribution in [0.5, 0.6) is 5.88 Å². The number of ether oxygens (including phenoxy) is 1. The van der Waals surface area contributed by atoms with E-state index in [1.54, 1.807) is 17.0 Å². The number of nitriles is 1. The minimum absolute atomic E-state index is 0.103. The maximum atomic E-state index is 13.5. The number of aromatic nitrogens is 1. The van der Waals surface area contributed by atoms with Crippen LogP contribution < -0.4 is 9.64 Å². The van der Waals surface area contributed by atoms with E-state index >= 15 is 0 Å². The molecule has 1 aromatic carbocycles. The topological polar surface area (TPSA) is 89.8 Å². The first kappa shape index (κ1) is 20.5. The summed E-state index contributed by atoms with van der Waals surface area (Å²) in [5.74, 6) is -1.90. The molecule has 2 fully saturated rings. The number of hydrogen-bond acceptors (Lipinski definition) is 5. The molecule has 1 unspecified atom stereocenters. The van der Waals surface area contributed by atoms with Crippen molar-refractivity contribution in [3.8, 4) is 11.9 Å². The maximum absolute atomic E-state index is 13.5. The van der Waals surface area contributed by atoms with Crippen LogP contribution in [0.4, 0.5) is 19.3 Å². The molecule has 2 aliphatic heterocycles. The van der Waals surface area contributed by atoms with E-state index in [0.29, 0.717) is 37.5 Å². The van der Waals surface area contributed by atoms with Gasteiger partial charge in [0.15, 0.2) is 11.6 Å². The van der Waals surface area contributed by atoms with Gasteiger partial charge in [-0.1, -0.05) is 0 Å². The van der Waals surface area contributed by atoms with Gasteiger partial charge >= 0.3 is 6.03 Å². The largest absolute Gasteiger partial charge is 0.472 e. The number of anilines is 1. The second-order valence-corrected chi connectivity index (χ2v) is 7.32. The van der Waals surface area contributed by atoms with Gasteiger partial charge in [0.2, 0.25) is 11.8 Å². The van der Waals surface area contributed by atoms with Crippen LogP contribution in [0.15, 0.2) is 36.5 Å². The molecule has 8 nitrogen and oxygen atoms in total. The van der Waals surface area contributed by atoms with Crippen molar-refractivity contribution in [2.75, 3.05) is 37.6 Å². The van der Waals surface area contributed by atoms with Crippen molar-refractivity contribution in [1.29, 1.82) is 5.26 Å². The molecular weight excluding hydrogens is 408 g/mol. The Morgan fingerprint density at radius 1 is 1.19 bits per heavy atom. The van der Waals surface area contributed by atoms with Gasteiger partial charge in [-0.15, -0.1) is 0 Å². The summed E-state index contributed by atoms with van der Waals surface area (Å²) < 4.78 is 32.4. The minimum atomic E-state index is -1.03. The predicted octanol–water partition coefficient (Wildman–Crippen LogP) is 2.15. The molecule has 0 saturated carbocycles. The number of benzene rings is 1. The molecule has 2 aliphatic rings. The Balaban J connectivity index is 1.32. The number of halogens is 2. The Labute approximate surface area is 177 Å². The summed E-state index contributed by atoms with van der Waals surface area (Å²) in [6, 6.07) is 7.98. The highest BCUT2D eigenvalue weighted by Gasteiger charge is 2.34. The molecule has 31 heavy (non-hydrogen) atoms. The molecule has 2 aromatic rings. The Hall–Kier alpha value is -3.74. The number of nitrogens with zero attached hydrogens (tertiary/aromatic N) is 5. The zero-order chi connectivity index (χ0) is 22.0. The Morgan fingerprint density at radius 2 is 2.03 bits per heavy atom. The van der Waals surface area contributed by atoms with Gasteiger partial charge in [-0.2, -0.15) is 5.26 Å². The maximum Gasteiger partial charge on any atom is 0.325 e. The number of rotatable bonds is 5. The Bertz CT molecular complexity index is 1060. The van der Waals surface area contributed by atoms with E-state index in [1.165, 1.54) is 22.1 Å². The molecule has 4 rings (SSSR count). The van der Waals surface area contributed by atoms with Crippen LogP contribution in [0.25, 0.3) is 0 Å². The van der Waals surface area contributed by atoms with Crippen molar-refractivity contribution < 1.29 is 23.1 Å². The molecular formula is C21H19F2N5O3. The van der Waals surface area contributed by atoms with E-state index in [4.69, 9.17) is 10.00 Å². The molecule has 0 spiro atoms. The van der Waals surface area contributed by atoms with E-state index in [9.17, 15) is 18.4 Å². The van der Waals surface area contributed by atoms with Crippen LogP contribution in [0, 0.1) is 23.0 Å². The normalized spacial score (nSPS) is 18.4. The molecule has 0 N–H and O–H groups in total. The second kappa shape index (κ2) is 8.55. The first-order chi connectivity index (χ1) is 14.9. The van der Waals surface area contributed by atoms with Crippen LogP contribution in [0.1, 0.15) is 12.0 Å². The summed E-state index contributed by atoms with van der Waals surface area (Å²) in [6.07, 6.45) is 1.85. The average molecular weight is 427 g/mol. The minimum Gasteiger partial charge on any atom is -0.472 e. The summed E-state index contributed by atoms with van der Waals surface area (Å²) in [7, 11) is 0. The molecule has 1 atom stereocenters. The Kier molecular flexibility index (Phi) is 5.66. The number of carbonyl (C=O) groups is 2. The fraction of sp³-hybridized carbons (Fsp3) is 0.333. The SMILES string of the molecule is N#Cc1ccnc(OC2CCN(C(=O)CN3CCN(c4ccc(F)c(F)c4)C3=O)C2)c1. The van der Waals surface area contributed by atoms with Gasteiger partial charge in [-0.3, -0.25) is 9.69 Å². The van der Waals surface area contributed by atoms with Crippen LogP contribution in [-0.4, -0.2) is 65.5 Å². The third kappa shape index (κ3) is 4.40. The quantitative estimate of drug-likeness (QED) is 0.730. The molecule has 3 heterocycles. The van der Waals surface area contributed by atoms with Crippen molar-refractivity contribution in [2.24, 2.45) is 0 Å². The lowest BCUT2D eigenvalue weighted by molar-refractivity contribution is -0.130. The highest BCUT2D eigenvalue weighted by Crippen LogP contribution is 2.23. The lowest BCUT2D eigenvalue weighted by Crippen LogP contribution is -2.42. The third-order valence-corrected chi connectivity index (χ3v) is 5.29. The van der Waals surface area contributed by atoms with Gasteiger partial charge in [0, 0.05) is 50.1 Å². The number of amides is 3. The molecule has 0 aliphatic carbocycles. The van der Waals surface area contributed by atoms with Gasteiger partial charge in [-0.05, 0) is 18.2 Å². The van der Waals surface area contributed by atoms with Crippen LogP contribution in [0.2, 0.25) is 0 Å². The molecule has 2 saturated heterocycles. The van der Waals surface area contributed by atoms with Gasteiger partial charge in [0.1, 0.15) is 12.6 Å². The first-order valence-electron chi connectivity index (χ1n) is 9.76. The summed E-state index contributed by atoms with van der Waals surface area (Å²) in [5.41, 5.74) is 0.689. The molecule has 1 aromatic heterocycles. The lowest BCUT2D eigenvalue weighted by Gasteiger charge is -2.22.